The summed E-state index contributed by atoms with van der Waals surface area (Å²) >= 11 is 4.41. The lowest BCUT2D eigenvalue weighted by molar-refractivity contribution is -0.137. The van der Waals surface area contributed by atoms with E-state index in [9.17, 15) is 22.8 Å². The van der Waals surface area contributed by atoms with Gasteiger partial charge in [0.1, 0.15) is 0 Å². The molecule has 0 atom stereocenters. The van der Waals surface area contributed by atoms with Gasteiger partial charge in [-0.15, -0.1) is 10.2 Å². The van der Waals surface area contributed by atoms with Gasteiger partial charge < -0.3 is 10.6 Å². The van der Waals surface area contributed by atoms with E-state index in [2.05, 4.69) is 36.8 Å². The fourth-order valence-corrected chi connectivity index (χ4v) is 4.69. The van der Waals surface area contributed by atoms with Crippen LogP contribution in [0.15, 0.2) is 76.4 Å². The summed E-state index contributed by atoms with van der Waals surface area (Å²) < 4.78 is 42.4. The highest BCUT2D eigenvalue weighted by Crippen LogP contribution is 2.34. The second-order valence-electron chi connectivity index (χ2n) is 8.57. The smallest absolute Gasteiger partial charge is 0.345 e. The third-order valence-corrected chi connectivity index (χ3v) is 7.26. The van der Waals surface area contributed by atoms with Gasteiger partial charge in [-0.1, -0.05) is 45.9 Å². The molecule has 0 unspecified atom stereocenters. The number of para-hydroxylation sites is 1. The Morgan fingerprint density at radius 1 is 0.974 bits per heavy atom. The van der Waals surface area contributed by atoms with Crippen molar-refractivity contribution < 1.29 is 22.8 Å². The largest absolute Gasteiger partial charge is 0.418 e. The van der Waals surface area contributed by atoms with E-state index in [1.165, 1.54) is 18.2 Å². The van der Waals surface area contributed by atoms with Gasteiger partial charge in [0, 0.05) is 15.7 Å². The van der Waals surface area contributed by atoms with Gasteiger partial charge >= 0.3 is 6.18 Å². The van der Waals surface area contributed by atoms with Gasteiger partial charge in [0.2, 0.25) is 5.91 Å². The Labute approximate surface area is 235 Å². The summed E-state index contributed by atoms with van der Waals surface area (Å²) in [6.45, 7) is 3.95. The molecule has 12 heteroatoms. The number of nitrogens with zero attached hydrogens (tertiary/aromatic N) is 3. The molecule has 4 aromatic rings. The van der Waals surface area contributed by atoms with Crippen LogP contribution < -0.4 is 10.6 Å². The molecule has 4 rings (SSSR count). The molecule has 0 fully saturated rings. The van der Waals surface area contributed by atoms with Crippen molar-refractivity contribution in [1.29, 1.82) is 0 Å². The number of aromatic nitrogens is 3. The van der Waals surface area contributed by atoms with Crippen LogP contribution in [0.1, 0.15) is 32.9 Å². The maximum Gasteiger partial charge on any atom is 0.418 e. The molecule has 39 heavy (non-hydrogen) atoms. The van der Waals surface area contributed by atoms with Gasteiger partial charge in [-0.25, -0.2) is 0 Å². The van der Waals surface area contributed by atoms with E-state index < -0.39 is 17.6 Å². The van der Waals surface area contributed by atoms with Crippen LogP contribution in [0.25, 0.3) is 5.69 Å². The minimum absolute atomic E-state index is 0.0561. The van der Waals surface area contributed by atoms with E-state index in [0.717, 1.165) is 33.4 Å². The summed E-state index contributed by atoms with van der Waals surface area (Å²) in [5.74, 6) is -0.706. The maximum absolute atomic E-state index is 13.3. The molecule has 0 aliphatic carbocycles. The molecule has 0 saturated carbocycles. The number of aryl methyl sites for hydroxylation is 2. The molecule has 0 radical (unpaired) electrons. The van der Waals surface area contributed by atoms with Crippen molar-refractivity contribution >= 4 is 45.2 Å². The number of anilines is 1. The fourth-order valence-electron chi connectivity index (χ4n) is 3.66. The molecule has 0 saturated heterocycles. The molecule has 1 aromatic heterocycles. The third kappa shape index (κ3) is 7.07. The van der Waals surface area contributed by atoms with Crippen LogP contribution >= 0.6 is 27.7 Å². The lowest BCUT2D eigenvalue weighted by Crippen LogP contribution is -2.24. The lowest BCUT2D eigenvalue weighted by atomic mass is 10.1. The zero-order chi connectivity index (χ0) is 28.2. The van der Waals surface area contributed by atoms with Gasteiger partial charge in [0.05, 0.1) is 23.5 Å². The molecule has 1 heterocycles. The van der Waals surface area contributed by atoms with Crippen molar-refractivity contribution in [3.05, 3.63) is 99.3 Å². The molecule has 2 N–H and O–H groups in total. The number of carbonyl (C=O) groups is 2. The number of nitrogens with one attached hydrogen (secondary N) is 2. The predicted octanol–water partition coefficient (Wildman–Crippen LogP) is 6.33. The SMILES string of the molecule is Cc1ccc(C(=O)NCc2nnc(SCC(=O)Nc3ccccc3C(F)(F)F)n2-c2ccc(Br)cc2)cc1C. The Morgan fingerprint density at radius 3 is 2.38 bits per heavy atom. The van der Waals surface area contributed by atoms with Crippen LogP contribution in [0.4, 0.5) is 18.9 Å². The Kier molecular flexibility index (Phi) is 8.76. The number of benzene rings is 3. The van der Waals surface area contributed by atoms with Crippen LogP contribution in [0, 0.1) is 13.8 Å². The molecule has 7 nitrogen and oxygen atoms in total. The predicted molar refractivity (Wildman–Crippen MR) is 147 cm³/mol. The summed E-state index contributed by atoms with van der Waals surface area (Å²) in [6.07, 6.45) is -4.60. The number of amides is 2. The van der Waals surface area contributed by atoms with Crippen molar-refractivity contribution in [2.24, 2.45) is 0 Å². The Bertz CT molecular complexity index is 1510. The van der Waals surface area contributed by atoms with E-state index in [4.69, 9.17) is 0 Å². The van der Waals surface area contributed by atoms with Crippen molar-refractivity contribution in [3.63, 3.8) is 0 Å². The van der Waals surface area contributed by atoms with E-state index in [0.29, 0.717) is 22.2 Å². The molecular weight excluding hydrogens is 595 g/mol. The summed E-state index contributed by atoms with van der Waals surface area (Å²) in [5, 5.41) is 13.9. The molecule has 0 bridgehead atoms. The number of rotatable bonds is 8. The second kappa shape index (κ2) is 12.0. The highest BCUT2D eigenvalue weighted by molar-refractivity contribution is 9.10. The van der Waals surface area contributed by atoms with Crippen molar-refractivity contribution in [1.82, 2.24) is 20.1 Å². The number of alkyl halides is 3. The van der Waals surface area contributed by atoms with Crippen LogP contribution in [0.2, 0.25) is 0 Å². The van der Waals surface area contributed by atoms with Gasteiger partial charge in [-0.3, -0.25) is 14.2 Å². The molecule has 202 valence electrons. The first-order chi connectivity index (χ1) is 18.5. The molecule has 0 aliphatic heterocycles. The normalized spacial score (nSPS) is 11.3. The molecule has 2 amide bonds. The van der Waals surface area contributed by atoms with Crippen molar-refractivity contribution in [2.75, 3.05) is 11.1 Å². The topological polar surface area (TPSA) is 88.9 Å². The Balaban J connectivity index is 1.51. The van der Waals surface area contributed by atoms with Crippen LogP contribution in [0.3, 0.4) is 0 Å². The number of halogens is 4. The van der Waals surface area contributed by atoms with E-state index >= 15 is 0 Å². The summed E-state index contributed by atoms with van der Waals surface area (Å²) in [6, 6.07) is 17.5. The van der Waals surface area contributed by atoms with E-state index in [-0.39, 0.29) is 23.9 Å². The average Bonchev–Trinajstić information content (AvgIpc) is 3.30. The minimum Gasteiger partial charge on any atom is -0.345 e. The Morgan fingerprint density at radius 2 is 1.69 bits per heavy atom. The van der Waals surface area contributed by atoms with Crippen LogP contribution in [-0.2, 0) is 17.5 Å². The first-order valence-corrected chi connectivity index (χ1v) is 13.5. The third-order valence-electron chi connectivity index (χ3n) is 5.80. The van der Waals surface area contributed by atoms with Crippen LogP contribution in [-0.4, -0.2) is 32.3 Å². The number of hydrogen-bond acceptors (Lipinski definition) is 5. The fraction of sp³-hybridized carbons (Fsp3) is 0.185. The monoisotopic (exact) mass is 617 g/mol. The molecular formula is C27H23BrF3N5O2S. The number of carbonyl (C=O) groups excluding carboxylic acids is 2. The summed E-state index contributed by atoms with van der Waals surface area (Å²) in [4.78, 5) is 25.3. The molecule has 0 spiro atoms. The van der Waals surface area contributed by atoms with E-state index in [1.807, 2.05) is 44.2 Å². The van der Waals surface area contributed by atoms with Gasteiger partial charge in [-0.2, -0.15) is 13.2 Å². The standard InChI is InChI=1S/C27H23BrF3N5O2S/c1-16-7-8-18(13-17(16)2)25(38)32-14-23-34-35-26(36(23)20-11-9-19(28)10-12-20)39-15-24(37)33-22-6-4-3-5-21(22)27(29,30)31/h3-13H,14-15H2,1-2H3,(H,32,38)(H,33,37). The average molecular weight is 618 g/mol. The highest BCUT2D eigenvalue weighted by Gasteiger charge is 2.33. The quantitative estimate of drug-likeness (QED) is 0.226. The van der Waals surface area contributed by atoms with Crippen molar-refractivity contribution in [3.8, 4) is 5.69 Å². The van der Waals surface area contributed by atoms with E-state index in [1.54, 1.807) is 16.7 Å². The lowest BCUT2D eigenvalue weighted by Gasteiger charge is -2.14. The zero-order valence-corrected chi connectivity index (χ0v) is 23.2. The molecule has 3 aromatic carbocycles. The number of hydrogen-bond donors (Lipinski definition) is 2. The summed E-state index contributed by atoms with van der Waals surface area (Å²) in [7, 11) is 0. The van der Waals surface area contributed by atoms with Gasteiger partial charge in [0.25, 0.3) is 5.91 Å². The maximum atomic E-state index is 13.3. The van der Waals surface area contributed by atoms with Crippen molar-refractivity contribution in [2.45, 2.75) is 31.7 Å². The van der Waals surface area contributed by atoms with Crippen LogP contribution in [0.5, 0.6) is 0 Å². The molecule has 0 aliphatic rings. The van der Waals surface area contributed by atoms with Gasteiger partial charge in [0.15, 0.2) is 11.0 Å². The zero-order valence-electron chi connectivity index (χ0n) is 20.8. The highest BCUT2D eigenvalue weighted by atomic mass is 79.9. The summed E-state index contributed by atoms with van der Waals surface area (Å²) in [5.41, 5.74) is 2.02. The second-order valence-corrected chi connectivity index (χ2v) is 10.4. The first-order valence-electron chi connectivity index (χ1n) is 11.7. The minimum atomic E-state index is -4.60. The number of thioether (sulfide) groups is 1. The van der Waals surface area contributed by atoms with Gasteiger partial charge in [-0.05, 0) is 73.5 Å². The first kappa shape index (κ1) is 28.4. The Hall–Kier alpha value is -3.64.